The van der Waals surface area contributed by atoms with Crippen LogP contribution in [-0.4, -0.2) is 48.3 Å². The van der Waals surface area contributed by atoms with Crippen LogP contribution in [-0.2, 0) is 10.0 Å². The molecule has 1 aliphatic heterocycles. The molecule has 0 radical (unpaired) electrons. The highest BCUT2D eigenvalue weighted by atomic mass is 32.2. The molecule has 1 saturated heterocycles. The van der Waals surface area contributed by atoms with Crippen molar-refractivity contribution in [2.75, 3.05) is 24.5 Å². The number of piperazine rings is 1. The summed E-state index contributed by atoms with van der Waals surface area (Å²) in [4.78, 5) is 15.8. The first-order valence-electron chi connectivity index (χ1n) is 7.93. The minimum atomic E-state index is -4.01. The van der Waals surface area contributed by atoms with Crippen LogP contribution in [0.5, 0.6) is 0 Å². The SMILES string of the molecule is CC1CN(S(=O)(=O)c2ccccc2[N+](=O)[O-])CCN1c1cccc(F)n1. The molecular formula is C16H17FN4O4S. The molecule has 2 heterocycles. The number of rotatable bonds is 4. The number of anilines is 1. The smallest absolute Gasteiger partial charge is 0.289 e. The molecule has 138 valence electrons. The van der Waals surface area contributed by atoms with Gasteiger partial charge in [0.05, 0.1) is 4.92 Å². The minimum absolute atomic E-state index is 0.118. The first-order chi connectivity index (χ1) is 12.3. The summed E-state index contributed by atoms with van der Waals surface area (Å²) in [5.41, 5.74) is -0.450. The lowest BCUT2D eigenvalue weighted by Crippen LogP contribution is -2.54. The van der Waals surface area contributed by atoms with Gasteiger partial charge in [-0.1, -0.05) is 18.2 Å². The fourth-order valence-corrected chi connectivity index (χ4v) is 4.68. The van der Waals surface area contributed by atoms with Gasteiger partial charge in [0.25, 0.3) is 5.69 Å². The van der Waals surface area contributed by atoms with E-state index < -0.39 is 26.6 Å². The number of nitro benzene ring substituents is 1. The quantitative estimate of drug-likeness (QED) is 0.457. The van der Waals surface area contributed by atoms with Gasteiger partial charge >= 0.3 is 0 Å². The number of nitro groups is 1. The summed E-state index contributed by atoms with van der Waals surface area (Å²) in [6, 6.07) is 9.46. The zero-order valence-corrected chi connectivity index (χ0v) is 14.8. The van der Waals surface area contributed by atoms with E-state index in [1.165, 1.54) is 34.6 Å². The van der Waals surface area contributed by atoms with E-state index in [9.17, 15) is 22.9 Å². The Morgan fingerprint density at radius 1 is 1.19 bits per heavy atom. The number of hydrogen-bond acceptors (Lipinski definition) is 6. The first kappa shape index (κ1) is 18.2. The average molecular weight is 380 g/mol. The number of pyridine rings is 1. The van der Waals surface area contributed by atoms with Gasteiger partial charge in [-0.15, -0.1) is 0 Å². The van der Waals surface area contributed by atoms with Crippen LogP contribution >= 0.6 is 0 Å². The normalized spacial score (nSPS) is 18.7. The molecule has 0 spiro atoms. The fraction of sp³-hybridized carbons (Fsp3) is 0.312. The Balaban J connectivity index is 1.85. The second-order valence-corrected chi connectivity index (χ2v) is 7.86. The standard InChI is InChI=1S/C16H17FN4O4S/c1-12-11-19(9-10-20(12)16-8-4-7-15(17)18-16)26(24,25)14-6-3-2-5-13(14)21(22)23/h2-8,12H,9-11H2,1H3. The van der Waals surface area contributed by atoms with Crippen molar-refractivity contribution in [3.05, 3.63) is 58.5 Å². The Hall–Kier alpha value is -2.59. The van der Waals surface area contributed by atoms with Crippen molar-refractivity contribution in [2.45, 2.75) is 17.9 Å². The highest BCUT2D eigenvalue weighted by molar-refractivity contribution is 7.89. The van der Waals surface area contributed by atoms with Crippen LogP contribution in [0.2, 0.25) is 0 Å². The summed E-state index contributed by atoms with van der Waals surface area (Å²) in [6.07, 6.45) is 0. The maximum Gasteiger partial charge on any atom is 0.289 e. The topological polar surface area (TPSA) is 96.6 Å². The Bertz CT molecular complexity index is 937. The van der Waals surface area contributed by atoms with Crippen molar-refractivity contribution in [3.8, 4) is 0 Å². The van der Waals surface area contributed by atoms with E-state index >= 15 is 0 Å². The molecule has 0 N–H and O–H groups in total. The third-order valence-corrected chi connectivity index (χ3v) is 6.18. The molecule has 0 saturated carbocycles. The molecule has 0 bridgehead atoms. The molecule has 8 nitrogen and oxygen atoms in total. The van der Waals surface area contributed by atoms with E-state index in [0.29, 0.717) is 12.4 Å². The average Bonchev–Trinajstić information content (AvgIpc) is 2.61. The molecule has 1 atom stereocenters. The lowest BCUT2D eigenvalue weighted by molar-refractivity contribution is -0.387. The van der Waals surface area contributed by atoms with E-state index in [4.69, 9.17) is 0 Å². The third kappa shape index (κ3) is 3.37. The molecule has 0 amide bonds. The Kier molecular flexibility index (Phi) is 4.88. The summed E-state index contributed by atoms with van der Waals surface area (Å²) < 4.78 is 40.3. The molecule has 0 aliphatic carbocycles. The summed E-state index contributed by atoms with van der Waals surface area (Å²) in [6.45, 7) is 2.34. The molecule has 3 rings (SSSR count). The number of halogens is 1. The number of nitrogens with zero attached hydrogens (tertiary/aromatic N) is 4. The maximum atomic E-state index is 13.3. The molecule has 2 aromatic rings. The molecule has 1 fully saturated rings. The van der Waals surface area contributed by atoms with Crippen LogP contribution in [0.4, 0.5) is 15.9 Å². The molecule has 1 aromatic heterocycles. The Morgan fingerprint density at radius 2 is 1.92 bits per heavy atom. The van der Waals surface area contributed by atoms with E-state index in [1.807, 2.05) is 4.90 Å². The molecule has 1 aliphatic rings. The number of para-hydroxylation sites is 1. The van der Waals surface area contributed by atoms with Crippen LogP contribution in [0.1, 0.15) is 6.92 Å². The fourth-order valence-electron chi connectivity index (χ4n) is 3.01. The van der Waals surface area contributed by atoms with Gasteiger partial charge in [0.1, 0.15) is 5.82 Å². The highest BCUT2D eigenvalue weighted by Gasteiger charge is 2.36. The monoisotopic (exact) mass is 380 g/mol. The van der Waals surface area contributed by atoms with Gasteiger partial charge in [-0.05, 0) is 25.1 Å². The lowest BCUT2D eigenvalue weighted by atomic mass is 10.2. The molecule has 26 heavy (non-hydrogen) atoms. The predicted molar refractivity (Wildman–Crippen MR) is 92.9 cm³/mol. The zero-order chi connectivity index (χ0) is 18.9. The maximum absolute atomic E-state index is 13.3. The third-order valence-electron chi connectivity index (χ3n) is 4.26. The van der Waals surface area contributed by atoms with E-state index in [1.54, 1.807) is 19.1 Å². The number of sulfonamides is 1. The van der Waals surface area contributed by atoms with Crippen molar-refractivity contribution in [3.63, 3.8) is 0 Å². The van der Waals surface area contributed by atoms with Gasteiger partial charge < -0.3 is 4.90 Å². The van der Waals surface area contributed by atoms with Crippen molar-refractivity contribution in [1.29, 1.82) is 0 Å². The van der Waals surface area contributed by atoms with E-state index in [-0.39, 0.29) is 24.0 Å². The van der Waals surface area contributed by atoms with Gasteiger partial charge in [0, 0.05) is 31.7 Å². The summed E-state index contributed by atoms with van der Waals surface area (Å²) in [5.74, 6) is -0.176. The van der Waals surface area contributed by atoms with Crippen LogP contribution < -0.4 is 4.90 Å². The first-order valence-corrected chi connectivity index (χ1v) is 9.37. The van der Waals surface area contributed by atoms with Gasteiger partial charge in [-0.25, -0.2) is 13.4 Å². The lowest BCUT2D eigenvalue weighted by Gasteiger charge is -2.39. The minimum Gasteiger partial charge on any atom is -0.351 e. The van der Waals surface area contributed by atoms with Gasteiger partial charge in [0.15, 0.2) is 4.90 Å². The summed E-state index contributed by atoms with van der Waals surface area (Å²) in [7, 11) is -4.01. The largest absolute Gasteiger partial charge is 0.351 e. The number of benzene rings is 1. The summed E-state index contributed by atoms with van der Waals surface area (Å²) >= 11 is 0. The Morgan fingerprint density at radius 3 is 2.58 bits per heavy atom. The molecule has 1 unspecified atom stereocenters. The van der Waals surface area contributed by atoms with Crippen molar-refractivity contribution < 1.29 is 17.7 Å². The number of hydrogen-bond donors (Lipinski definition) is 0. The van der Waals surface area contributed by atoms with E-state index in [0.717, 1.165) is 0 Å². The molecule has 10 heteroatoms. The Labute approximate surface area is 150 Å². The van der Waals surface area contributed by atoms with Crippen LogP contribution in [0.3, 0.4) is 0 Å². The van der Waals surface area contributed by atoms with Crippen molar-refractivity contribution in [2.24, 2.45) is 0 Å². The van der Waals surface area contributed by atoms with Crippen LogP contribution in [0.25, 0.3) is 0 Å². The molecular weight excluding hydrogens is 363 g/mol. The number of aromatic nitrogens is 1. The van der Waals surface area contributed by atoms with Crippen molar-refractivity contribution >= 4 is 21.5 Å². The van der Waals surface area contributed by atoms with Gasteiger partial charge in [-0.2, -0.15) is 8.70 Å². The summed E-state index contributed by atoms with van der Waals surface area (Å²) in [5, 5.41) is 11.2. The highest BCUT2D eigenvalue weighted by Crippen LogP contribution is 2.28. The van der Waals surface area contributed by atoms with Gasteiger partial charge in [-0.3, -0.25) is 10.1 Å². The van der Waals surface area contributed by atoms with Crippen LogP contribution in [0.15, 0.2) is 47.4 Å². The zero-order valence-electron chi connectivity index (χ0n) is 13.9. The second-order valence-electron chi connectivity index (χ2n) is 5.95. The predicted octanol–water partition coefficient (Wildman–Crippen LogP) is 2.03. The van der Waals surface area contributed by atoms with E-state index in [2.05, 4.69) is 4.98 Å². The van der Waals surface area contributed by atoms with Gasteiger partial charge in [0.2, 0.25) is 16.0 Å². The van der Waals surface area contributed by atoms with Crippen LogP contribution in [0, 0.1) is 16.1 Å². The van der Waals surface area contributed by atoms with Crippen molar-refractivity contribution in [1.82, 2.24) is 9.29 Å². The molecule has 1 aromatic carbocycles. The second kappa shape index (κ2) is 6.96.